The average molecular weight is 390 g/mol. The summed E-state index contributed by atoms with van der Waals surface area (Å²) in [7, 11) is 0. The Bertz CT molecular complexity index is 485. The Labute approximate surface area is 155 Å². The van der Waals surface area contributed by atoms with Gasteiger partial charge < -0.3 is 10.4 Å². The first-order chi connectivity index (χ1) is 9.32. The minimum Gasteiger partial charge on any atom is -0.506 e. The first-order valence-electron chi connectivity index (χ1n) is 6.94. The molecule has 1 fully saturated rings. The Morgan fingerprint density at radius 2 is 1.68 bits per heavy atom. The Morgan fingerprint density at radius 1 is 1.14 bits per heavy atom. The van der Waals surface area contributed by atoms with Crippen LogP contribution < -0.4 is 5.32 Å². The number of aromatic hydroxyl groups is 1. The van der Waals surface area contributed by atoms with Gasteiger partial charge in [-0.15, -0.1) is 24.8 Å². The molecule has 1 aromatic rings. The lowest BCUT2D eigenvalue weighted by Crippen LogP contribution is -2.48. The lowest BCUT2D eigenvalue weighted by molar-refractivity contribution is 0.0843. The average Bonchev–Trinajstić information content (AvgIpc) is 2.39. The van der Waals surface area contributed by atoms with Crippen LogP contribution in [0.2, 0.25) is 10.0 Å². The van der Waals surface area contributed by atoms with Crippen LogP contribution in [0.5, 0.6) is 5.75 Å². The predicted octanol–water partition coefficient (Wildman–Crippen LogP) is 4.54. The van der Waals surface area contributed by atoms with Crippen molar-refractivity contribution >= 4 is 48.0 Å². The summed E-state index contributed by atoms with van der Waals surface area (Å²) in [6.45, 7) is 10.4. The van der Waals surface area contributed by atoms with Crippen molar-refractivity contribution in [1.29, 1.82) is 0 Å². The predicted molar refractivity (Wildman–Crippen MR) is 99.3 cm³/mol. The van der Waals surface area contributed by atoms with Gasteiger partial charge in [-0.3, -0.25) is 4.90 Å². The molecule has 0 spiro atoms. The molecule has 3 nitrogen and oxygen atoms in total. The second-order valence-electron chi connectivity index (χ2n) is 6.35. The standard InChI is InChI=1S/C15H22Cl2N2O.2ClH/c1-15(2,3)14(19-8-6-18-7-9-19)10-4-5-11(16)12(17)13(10)20;;/h4-5,14,18,20H,6-9H2,1-3H3;2*1H/t14-;;/m1../s1. The number of benzene rings is 1. The van der Waals surface area contributed by atoms with Crippen LogP contribution >= 0.6 is 48.0 Å². The van der Waals surface area contributed by atoms with Gasteiger partial charge in [0.1, 0.15) is 10.8 Å². The zero-order chi connectivity index (χ0) is 14.9. The van der Waals surface area contributed by atoms with Crippen LogP contribution in [0.25, 0.3) is 0 Å². The van der Waals surface area contributed by atoms with Crippen LogP contribution in [-0.2, 0) is 0 Å². The van der Waals surface area contributed by atoms with Crippen molar-refractivity contribution in [3.63, 3.8) is 0 Å². The van der Waals surface area contributed by atoms with Gasteiger partial charge >= 0.3 is 0 Å². The second-order valence-corrected chi connectivity index (χ2v) is 7.14. The maximum absolute atomic E-state index is 10.4. The van der Waals surface area contributed by atoms with E-state index in [1.807, 2.05) is 6.07 Å². The summed E-state index contributed by atoms with van der Waals surface area (Å²) in [6, 6.07) is 3.76. The summed E-state index contributed by atoms with van der Waals surface area (Å²) >= 11 is 12.1. The molecule has 0 aromatic heterocycles. The summed E-state index contributed by atoms with van der Waals surface area (Å²) in [4.78, 5) is 2.40. The normalized spacial score (nSPS) is 17.3. The first kappa shape index (κ1) is 22.1. The summed E-state index contributed by atoms with van der Waals surface area (Å²) in [5, 5.41) is 14.4. The van der Waals surface area contributed by atoms with Crippen molar-refractivity contribution in [2.24, 2.45) is 5.41 Å². The highest BCUT2D eigenvalue weighted by atomic mass is 35.5. The fraction of sp³-hybridized carbons (Fsp3) is 0.600. The van der Waals surface area contributed by atoms with E-state index in [4.69, 9.17) is 23.2 Å². The van der Waals surface area contributed by atoms with Crippen LogP contribution in [0.1, 0.15) is 32.4 Å². The van der Waals surface area contributed by atoms with Gasteiger partial charge in [-0.05, 0) is 11.5 Å². The van der Waals surface area contributed by atoms with Gasteiger partial charge in [-0.25, -0.2) is 0 Å². The van der Waals surface area contributed by atoms with Gasteiger partial charge in [0.25, 0.3) is 0 Å². The van der Waals surface area contributed by atoms with Crippen molar-refractivity contribution in [1.82, 2.24) is 10.2 Å². The smallest absolute Gasteiger partial charge is 0.140 e. The maximum atomic E-state index is 10.4. The van der Waals surface area contributed by atoms with Crippen molar-refractivity contribution in [2.75, 3.05) is 26.2 Å². The van der Waals surface area contributed by atoms with E-state index in [9.17, 15) is 5.11 Å². The summed E-state index contributed by atoms with van der Waals surface area (Å²) in [5.41, 5.74) is 0.847. The SMILES string of the molecule is CC(C)(C)[C@@H](c1ccc(Cl)c(Cl)c1O)N1CCNCC1.Cl.Cl. The highest BCUT2D eigenvalue weighted by molar-refractivity contribution is 6.43. The third-order valence-corrected chi connectivity index (χ3v) is 4.53. The van der Waals surface area contributed by atoms with Crippen LogP contribution in [0, 0.1) is 5.41 Å². The molecule has 0 amide bonds. The Morgan fingerprint density at radius 3 is 2.18 bits per heavy atom. The highest BCUT2D eigenvalue weighted by Crippen LogP contribution is 2.45. The number of phenols is 1. The van der Waals surface area contributed by atoms with Crippen LogP contribution in [0.15, 0.2) is 12.1 Å². The van der Waals surface area contributed by atoms with Crippen molar-refractivity contribution in [3.05, 3.63) is 27.7 Å². The number of phenolic OH excluding ortho intramolecular Hbond substituents is 1. The molecule has 2 rings (SSSR count). The molecule has 1 aliphatic heterocycles. The Balaban J connectivity index is 0.00000220. The van der Waals surface area contributed by atoms with E-state index in [1.54, 1.807) is 6.07 Å². The van der Waals surface area contributed by atoms with Gasteiger partial charge in [-0.2, -0.15) is 0 Å². The second kappa shape index (κ2) is 8.81. The van der Waals surface area contributed by atoms with Crippen molar-refractivity contribution in [2.45, 2.75) is 26.8 Å². The van der Waals surface area contributed by atoms with Crippen LogP contribution in [0.3, 0.4) is 0 Å². The largest absolute Gasteiger partial charge is 0.506 e. The topological polar surface area (TPSA) is 35.5 Å². The molecule has 1 aromatic carbocycles. The molecule has 1 aliphatic rings. The molecule has 1 atom stereocenters. The third-order valence-electron chi connectivity index (χ3n) is 3.73. The van der Waals surface area contributed by atoms with E-state index >= 15 is 0 Å². The molecule has 0 unspecified atom stereocenters. The molecule has 0 radical (unpaired) electrons. The lowest BCUT2D eigenvalue weighted by atomic mass is 9.80. The molecule has 2 N–H and O–H groups in total. The zero-order valence-corrected chi connectivity index (χ0v) is 16.2. The van der Waals surface area contributed by atoms with E-state index in [2.05, 4.69) is 31.0 Å². The summed E-state index contributed by atoms with van der Waals surface area (Å²) in [6.07, 6.45) is 0. The Hall–Kier alpha value is 0.1000. The fourth-order valence-electron chi connectivity index (χ4n) is 2.93. The van der Waals surface area contributed by atoms with Gasteiger partial charge in [0, 0.05) is 37.8 Å². The lowest BCUT2D eigenvalue weighted by Gasteiger charge is -2.42. The number of hydrogen-bond donors (Lipinski definition) is 2. The molecular formula is C15H24Cl4N2O. The third kappa shape index (κ3) is 4.80. The maximum Gasteiger partial charge on any atom is 0.140 e. The molecule has 0 saturated carbocycles. The molecule has 7 heteroatoms. The van der Waals surface area contributed by atoms with Gasteiger partial charge in [0.2, 0.25) is 0 Å². The zero-order valence-electron chi connectivity index (χ0n) is 13.0. The molecule has 0 aliphatic carbocycles. The number of nitrogens with one attached hydrogen (secondary N) is 1. The van der Waals surface area contributed by atoms with E-state index in [0.717, 1.165) is 31.7 Å². The quantitative estimate of drug-likeness (QED) is 0.779. The van der Waals surface area contributed by atoms with Crippen molar-refractivity contribution < 1.29 is 5.11 Å². The molecule has 0 bridgehead atoms. The minimum atomic E-state index is -0.00796. The van der Waals surface area contributed by atoms with Gasteiger partial charge in [0.05, 0.1) is 5.02 Å². The molecule has 22 heavy (non-hydrogen) atoms. The monoisotopic (exact) mass is 388 g/mol. The number of piperazine rings is 1. The van der Waals surface area contributed by atoms with Crippen LogP contribution in [0.4, 0.5) is 0 Å². The van der Waals surface area contributed by atoms with Gasteiger partial charge in [0.15, 0.2) is 0 Å². The highest BCUT2D eigenvalue weighted by Gasteiger charge is 2.34. The van der Waals surface area contributed by atoms with E-state index in [0.29, 0.717) is 5.02 Å². The Kier molecular flexibility index (Phi) is 8.85. The number of halogens is 4. The molecular weight excluding hydrogens is 366 g/mol. The number of nitrogens with zero attached hydrogens (tertiary/aromatic N) is 1. The van der Waals surface area contributed by atoms with E-state index in [-0.39, 0.29) is 47.0 Å². The molecule has 128 valence electrons. The summed E-state index contributed by atoms with van der Waals surface area (Å²) in [5.74, 6) is 0.109. The molecule has 1 saturated heterocycles. The fourth-order valence-corrected chi connectivity index (χ4v) is 3.25. The number of hydrogen-bond acceptors (Lipinski definition) is 3. The molecule has 1 heterocycles. The first-order valence-corrected chi connectivity index (χ1v) is 7.69. The van der Waals surface area contributed by atoms with E-state index in [1.165, 1.54) is 0 Å². The number of rotatable bonds is 2. The summed E-state index contributed by atoms with van der Waals surface area (Å²) < 4.78 is 0. The van der Waals surface area contributed by atoms with Crippen LogP contribution in [-0.4, -0.2) is 36.2 Å². The van der Waals surface area contributed by atoms with E-state index < -0.39 is 0 Å². The minimum absolute atomic E-state index is 0. The van der Waals surface area contributed by atoms with Crippen molar-refractivity contribution in [3.8, 4) is 5.75 Å². The van der Waals surface area contributed by atoms with Gasteiger partial charge in [-0.1, -0.05) is 50.0 Å².